The fourth-order valence-electron chi connectivity index (χ4n) is 7.39. The van der Waals surface area contributed by atoms with Crippen LogP contribution in [0.3, 0.4) is 0 Å². The average molecular weight is 360 g/mol. The summed E-state index contributed by atoms with van der Waals surface area (Å²) in [4.78, 5) is 29.9. The van der Waals surface area contributed by atoms with E-state index in [0.29, 0.717) is 6.54 Å². The Labute approximate surface area is 153 Å². The van der Waals surface area contributed by atoms with Gasteiger partial charge < -0.3 is 25.6 Å². The van der Waals surface area contributed by atoms with Crippen molar-refractivity contribution in [1.82, 2.24) is 15.1 Å². The minimum absolute atomic E-state index is 0.00188. The summed E-state index contributed by atoms with van der Waals surface area (Å²) in [5.74, 6) is 1.68. The zero-order chi connectivity index (χ0) is 17.6. The van der Waals surface area contributed by atoms with E-state index in [4.69, 9.17) is 10.5 Å². The van der Waals surface area contributed by atoms with Gasteiger partial charge in [-0.2, -0.15) is 0 Å². The third kappa shape index (κ3) is 2.17. The molecule has 142 valence electrons. The highest BCUT2D eigenvalue weighted by Crippen LogP contribution is 2.48. The smallest absolute Gasteiger partial charge is 0.240 e. The van der Waals surface area contributed by atoms with Crippen molar-refractivity contribution in [2.45, 2.75) is 49.5 Å². The summed E-state index contributed by atoms with van der Waals surface area (Å²) in [6.45, 7) is 4.20. The molecule has 1 aliphatic carbocycles. The van der Waals surface area contributed by atoms with Crippen molar-refractivity contribution < 1.29 is 14.3 Å². The van der Waals surface area contributed by atoms with E-state index >= 15 is 0 Å². The van der Waals surface area contributed by atoms with Crippen molar-refractivity contribution >= 4 is 11.8 Å². The van der Waals surface area contributed by atoms with Gasteiger partial charge in [-0.25, -0.2) is 0 Å². The van der Waals surface area contributed by atoms with Gasteiger partial charge in [0, 0.05) is 38.1 Å². The lowest BCUT2D eigenvalue weighted by Crippen LogP contribution is -2.69. The monoisotopic (exact) mass is 360 g/mol. The number of piperidine rings is 3. The lowest BCUT2D eigenvalue weighted by molar-refractivity contribution is -0.139. The van der Waals surface area contributed by atoms with Gasteiger partial charge in [0.1, 0.15) is 0 Å². The number of hydrogen-bond donors (Lipinski definition) is 2. The van der Waals surface area contributed by atoms with Gasteiger partial charge in [0.05, 0.1) is 30.2 Å². The van der Waals surface area contributed by atoms with Crippen LogP contribution in [-0.4, -0.2) is 78.1 Å². The number of amides is 2. The second-order valence-corrected chi connectivity index (χ2v) is 9.85. The summed E-state index contributed by atoms with van der Waals surface area (Å²) in [5.41, 5.74) is 6.07. The van der Waals surface area contributed by atoms with Crippen LogP contribution in [0.5, 0.6) is 0 Å². The molecule has 0 radical (unpaired) electrons. The van der Waals surface area contributed by atoms with E-state index in [2.05, 4.69) is 10.2 Å². The molecule has 0 spiro atoms. The Hall–Kier alpha value is -1.18. The predicted octanol–water partition coefficient (Wildman–Crippen LogP) is -0.840. The Morgan fingerprint density at radius 2 is 2.00 bits per heavy atom. The van der Waals surface area contributed by atoms with Crippen LogP contribution in [0.2, 0.25) is 0 Å². The number of carbonyl (C=O) groups excluding carboxylic acids is 2. The lowest BCUT2D eigenvalue weighted by Gasteiger charge is -2.58. The normalized spacial score (nSPS) is 53.4. The Balaban J connectivity index is 1.13. The van der Waals surface area contributed by atoms with Crippen LogP contribution >= 0.6 is 0 Å². The molecule has 7 nitrogen and oxygen atoms in total. The number of nitrogens with one attached hydrogen (secondary N) is 1. The number of rotatable bonds is 3. The summed E-state index contributed by atoms with van der Waals surface area (Å²) >= 11 is 0. The summed E-state index contributed by atoms with van der Waals surface area (Å²) in [5, 5.41) is 3.35. The second kappa shape index (κ2) is 5.20. The number of fused-ring (bicyclic) bond motifs is 5. The van der Waals surface area contributed by atoms with Gasteiger partial charge >= 0.3 is 0 Å². The van der Waals surface area contributed by atoms with Crippen LogP contribution in [0.1, 0.15) is 25.7 Å². The van der Waals surface area contributed by atoms with E-state index in [-0.39, 0.29) is 54.0 Å². The van der Waals surface area contributed by atoms with Crippen LogP contribution < -0.4 is 11.1 Å². The van der Waals surface area contributed by atoms with Crippen molar-refractivity contribution in [2.75, 3.05) is 32.7 Å². The van der Waals surface area contributed by atoms with Crippen LogP contribution in [0.4, 0.5) is 0 Å². The molecule has 6 aliphatic heterocycles. The van der Waals surface area contributed by atoms with Crippen LogP contribution in [0.25, 0.3) is 0 Å². The highest BCUT2D eigenvalue weighted by atomic mass is 16.5. The molecule has 0 aromatic heterocycles. The van der Waals surface area contributed by atoms with Gasteiger partial charge in [-0.15, -0.1) is 0 Å². The van der Waals surface area contributed by atoms with Gasteiger partial charge in [0.2, 0.25) is 11.8 Å². The number of nitrogens with zero attached hydrogens (tertiary/aromatic N) is 2. The molecule has 7 heteroatoms. The van der Waals surface area contributed by atoms with E-state index in [1.807, 2.05) is 0 Å². The van der Waals surface area contributed by atoms with Crippen molar-refractivity contribution in [3.63, 3.8) is 0 Å². The fourth-order valence-corrected chi connectivity index (χ4v) is 7.39. The molecule has 1 saturated carbocycles. The van der Waals surface area contributed by atoms with Crippen LogP contribution in [0.15, 0.2) is 0 Å². The quantitative estimate of drug-likeness (QED) is 0.685. The lowest BCUT2D eigenvalue weighted by atomic mass is 9.64. The highest BCUT2D eigenvalue weighted by Gasteiger charge is 2.60. The molecule has 7 atom stereocenters. The molecular formula is C19H28N4O3. The van der Waals surface area contributed by atoms with E-state index in [9.17, 15) is 9.59 Å². The summed E-state index contributed by atoms with van der Waals surface area (Å²) < 4.78 is 5.89. The summed E-state index contributed by atoms with van der Waals surface area (Å²) in [6, 6.07) is 0.0453. The molecule has 6 saturated heterocycles. The SMILES string of the molecule is NC1CC2OC1C1CN(CC(=O)NC34CC5CC(CN(C5)C3)C4)C(=O)C21. The van der Waals surface area contributed by atoms with Gasteiger partial charge in [0.15, 0.2) is 0 Å². The first kappa shape index (κ1) is 15.8. The molecule has 2 amide bonds. The molecular weight excluding hydrogens is 332 g/mol. The van der Waals surface area contributed by atoms with Crippen molar-refractivity contribution in [1.29, 1.82) is 0 Å². The molecule has 3 N–H and O–H groups in total. The topological polar surface area (TPSA) is 87.9 Å². The fraction of sp³-hybridized carbons (Fsp3) is 0.895. The zero-order valence-electron chi connectivity index (χ0n) is 15.1. The van der Waals surface area contributed by atoms with Gasteiger partial charge in [-0.3, -0.25) is 9.59 Å². The van der Waals surface area contributed by atoms with Crippen LogP contribution in [-0.2, 0) is 14.3 Å². The van der Waals surface area contributed by atoms with Gasteiger partial charge in [-0.1, -0.05) is 0 Å². The number of carbonyl (C=O) groups is 2. The Morgan fingerprint density at radius 1 is 1.23 bits per heavy atom. The van der Waals surface area contributed by atoms with Crippen molar-refractivity contribution in [2.24, 2.45) is 29.4 Å². The largest absolute Gasteiger partial charge is 0.372 e. The van der Waals surface area contributed by atoms with E-state index < -0.39 is 0 Å². The number of hydrogen-bond acceptors (Lipinski definition) is 5. The van der Waals surface area contributed by atoms with Gasteiger partial charge in [-0.05, 0) is 37.5 Å². The third-order valence-electron chi connectivity index (χ3n) is 7.89. The van der Waals surface area contributed by atoms with E-state index in [0.717, 1.165) is 37.6 Å². The van der Waals surface area contributed by atoms with Crippen LogP contribution in [0, 0.1) is 23.7 Å². The number of likely N-dealkylation sites (tertiary alicyclic amines) is 1. The minimum atomic E-state index is -0.0711. The maximum absolute atomic E-state index is 12.8. The second-order valence-electron chi connectivity index (χ2n) is 9.85. The van der Waals surface area contributed by atoms with E-state index in [1.54, 1.807) is 4.90 Å². The molecule has 6 heterocycles. The molecule has 0 aromatic rings. The first-order chi connectivity index (χ1) is 12.5. The molecule has 7 aliphatic rings. The van der Waals surface area contributed by atoms with Crippen molar-refractivity contribution in [3.05, 3.63) is 0 Å². The third-order valence-corrected chi connectivity index (χ3v) is 7.89. The van der Waals surface area contributed by atoms with Crippen molar-refractivity contribution in [3.8, 4) is 0 Å². The van der Waals surface area contributed by atoms with E-state index in [1.165, 1.54) is 19.5 Å². The Bertz CT molecular complexity index is 632. The summed E-state index contributed by atoms with van der Waals surface area (Å²) in [7, 11) is 0. The molecule has 26 heavy (non-hydrogen) atoms. The molecule has 7 rings (SSSR count). The first-order valence-corrected chi connectivity index (χ1v) is 10.2. The Morgan fingerprint density at radius 3 is 2.73 bits per heavy atom. The zero-order valence-corrected chi connectivity index (χ0v) is 15.1. The standard InChI is InChI=1S/C19H28N4O3/c20-13-2-14-16-12(17(13)26-14)7-23(18(16)25)8-15(24)21-19-3-10-1-11(4-19)6-22(5-10)9-19/h10-14,16-17H,1-9,20H2,(H,21,24). The number of nitrogens with two attached hydrogens (primary N) is 1. The summed E-state index contributed by atoms with van der Waals surface area (Å²) in [6.07, 6.45) is 4.29. The van der Waals surface area contributed by atoms with Gasteiger partial charge in [0.25, 0.3) is 0 Å². The number of ether oxygens (including phenoxy) is 1. The maximum atomic E-state index is 12.8. The highest BCUT2D eigenvalue weighted by molar-refractivity contribution is 5.88. The average Bonchev–Trinajstić information content (AvgIpc) is 3.17. The molecule has 6 bridgehead atoms. The molecule has 7 unspecified atom stereocenters. The minimum Gasteiger partial charge on any atom is -0.372 e. The first-order valence-electron chi connectivity index (χ1n) is 10.2. The molecule has 0 aromatic carbocycles. The Kier molecular flexibility index (Phi) is 3.17. The predicted molar refractivity (Wildman–Crippen MR) is 93.0 cm³/mol. The molecule has 7 fully saturated rings. The maximum Gasteiger partial charge on any atom is 0.240 e.